The molecule has 5 rings (SSSR count). The Balaban J connectivity index is 1.40. The summed E-state index contributed by atoms with van der Waals surface area (Å²) in [6, 6.07) is 11.8. The Hall–Kier alpha value is -2.94. The second-order valence-corrected chi connectivity index (χ2v) is 9.80. The van der Waals surface area contributed by atoms with Gasteiger partial charge in [0.25, 0.3) is 5.91 Å². The molecule has 1 spiro atoms. The van der Waals surface area contributed by atoms with E-state index in [1.165, 1.54) is 11.1 Å². The number of hydrazone groups is 1. The van der Waals surface area contributed by atoms with Crippen LogP contribution >= 0.6 is 0 Å². The molecule has 2 aromatic carbocycles. The first-order chi connectivity index (χ1) is 17.4. The average molecular weight is 494 g/mol. The summed E-state index contributed by atoms with van der Waals surface area (Å²) in [5.74, 6) is 0.909. The van der Waals surface area contributed by atoms with Crippen LogP contribution in [0.2, 0.25) is 0 Å². The summed E-state index contributed by atoms with van der Waals surface area (Å²) in [6.07, 6.45) is 2.15. The van der Waals surface area contributed by atoms with Crippen molar-refractivity contribution in [3.63, 3.8) is 0 Å². The van der Waals surface area contributed by atoms with Crippen LogP contribution in [0, 0.1) is 13.8 Å². The molecule has 1 amide bonds. The van der Waals surface area contributed by atoms with Gasteiger partial charge in [-0.1, -0.05) is 12.1 Å². The van der Waals surface area contributed by atoms with E-state index in [0.717, 1.165) is 42.8 Å². The predicted octanol–water partition coefficient (Wildman–Crippen LogP) is 3.84. The third-order valence-electron chi connectivity index (χ3n) is 7.60. The quantitative estimate of drug-likeness (QED) is 0.609. The number of methoxy groups -OCH3 is 2. The molecule has 1 atom stereocenters. The molecular weight excluding hydrogens is 458 g/mol. The minimum atomic E-state index is -0.458. The van der Waals surface area contributed by atoms with Gasteiger partial charge in [0, 0.05) is 44.0 Å². The number of hydrogen-bond acceptors (Lipinski definition) is 7. The molecule has 0 unspecified atom stereocenters. The Morgan fingerprint density at radius 1 is 1.03 bits per heavy atom. The maximum Gasteiger partial charge on any atom is 0.257 e. The normalized spacial score (nSPS) is 21.6. The molecule has 2 fully saturated rings. The minimum Gasteiger partial charge on any atom is -0.497 e. The van der Waals surface area contributed by atoms with E-state index >= 15 is 0 Å². The number of amides is 1. The monoisotopic (exact) mass is 493 g/mol. The lowest BCUT2D eigenvalue weighted by atomic mass is 9.96. The lowest BCUT2D eigenvalue weighted by molar-refractivity contribution is -0.186. The van der Waals surface area contributed by atoms with Crippen molar-refractivity contribution in [3.05, 3.63) is 58.7 Å². The van der Waals surface area contributed by atoms with Crippen molar-refractivity contribution in [1.82, 2.24) is 9.91 Å². The molecule has 36 heavy (non-hydrogen) atoms. The van der Waals surface area contributed by atoms with Crippen LogP contribution < -0.4 is 9.47 Å². The van der Waals surface area contributed by atoms with E-state index in [2.05, 4.69) is 36.9 Å². The van der Waals surface area contributed by atoms with E-state index in [1.807, 2.05) is 18.2 Å². The number of benzene rings is 2. The number of carbonyl (C=O) groups excluding carboxylic acids is 1. The first-order valence-corrected chi connectivity index (χ1v) is 12.6. The van der Waals surface area contributed by atoms with Gasteiger partial charge >= 0.3 is 0 Å². The van der Waals surface area contributed by atoms with Crippen LogP contribution in [-0.4, -0.2) is 74.4 Å². The van der Waals surface area contributed by atoms with Crippen molar-refractivity contribution in [3.8, 4) is 11.5 Å². The zero-order valence-electron chi connectivity index (χ0n) is 21.6. The molecule has 3 aliphatic rings. The van der Waals surface area contributed by atoms with Gasteiger partial charge in [0.1, 0.15) is 11.5 Å². The maximum absolute atomic E-state index is 13.7. The Morgan fingerprint density at radius 2 is 1.78 bits per heavy atom. The second kappa shape index (κ2) is 10.2. The third-order valence-corrected chi connectivity index (χ3v) is 7.60. The van der Waals surface area contributed by atoms with Gasteiger partial charge < -0.3 is 18.9 Å². The Bertz CT molecular complexity index is 1150. The van der Waals surface area contributed by atoms with Crippen LogP contribution in [0.5, 0.6) is 11.5 Å². The van der Waals surface area contributed by atoms with Crippen LogP contribution in [-0.2, 0) is 14.3 Å². The Labute approximate surface area is 212 Å². The summed E-state index contributed by atoms with van der Waals surface area (Å²) in [6.45, 7) is 7.30. The summed E-state index contributed by atoms with van der Waals surface area (Å²) in [5.41, 5.74) is 5.30. The molecule has 3 aliphatic heterocycles. The molecule has 8 nitrogen and oxygen atoms in total. The average Bonchev–Trinajstić information content (AvgIpc) is 3.54. The van der Waals surface area contributed by atoms with Crippen molar-refractivity contribution in [1.29, 1.82) is 0 Å². The van der Waals surface area contributed by atoms with Crippen LogP contribution in [0.4, 0.5) is 0 Å². The molecule has 0 aromatic heterocycles. The van der Waals surface area contributed by atoms with Crippen molar-refractivity contribution in [2.45, 2.75) is 44.9 Å². The molecule has 8 heteroatoms. The largest absolute Gasteiger partial charge is 0.497 e. The van der Waals surface area contributed by atoms with Gasteiger partial charge in [0.15, 0.2) is 5.79 Å². The van der Waals surface area contributed by atoms with E-state index in [0.29, 0.717) is 37.7 Å². The highest BCUT2D eigenvalue weighted by Gasteiger charge is 2.41. The van der Waals surface area contributed by atoms with Crippen molar-refractivity contribution in [2.75, 3.05) is 47.1 Å². The molecule has 0 bridgehead atoms. The van der Waals surface area contributed by atoms with E-state index in [9.17, 15) is 4.79 Å². The number of aryl methyl sites for hydroxylation is 2. The Morgan fingerprint density at radius 3 is 2.44 bits per heavy atom. The zero-order valence-corrected chi connectivity index (χ0v) is 21.6. The topological polar surface area (TPSA) is 72.8 Å². The molecular formula is C28H35N3O5. The number of hydrogen-bond donors (Lipinski definition) is 0. The van der Waals surface area contributed by atoms with E-state index in [1.54, 1.807) is 19.2 Å². The Kier molecular flexibility index (Phi) is 7.01. The van der Waals surface area contributed by atoms with Gasteiger partial charge in [-0.25, -0.2) is 5.01 Å². The van der Waals surface area contributed by atoms with E-state index in [4.69, 9.17) is 24.0 Å². The van der Waals surface area contributed by atoms with Crippen LogP contribution in [0.1, 0.15) is 47.6 Å². The summed E-state index contributed by atoms with van der Waals surface area (Å²) in [5, 5.41) is 6.53. The summed E-state index contributed by atoms with van der Waals surface area (Å²) < 4.78 is 22.8. The summed E-state index contributed by atoms with van der Waals surface area (Å²) in [7, 11) is 3.27. The molecule has 2 aromatic rings. The fourth-order valence-corrected chi connectivity index (χ4v) is 5.27. The number of likely N-dealkylation sites (tertiary alicyclic amines) is 1. The van der Waals surface area contributed by atoms with Gasteiger partial charge in [-0.15, -0.1) is 0 Å². The van der Waals surface area contributed by atoms with Crippen molar-refractivity contribution < 1.29 is 23.7 Å². The lowest BCUT2D eigenvalue weighted by Crippen LogP contribution is -2.48. The van der Waals surface area contributed by atoms with Gasteiger partial charge in [-0.2, -0.15) is 5.10 Å². The standard InChI is InChI=1S/C28H35N3O5/c1-19-5-6-21(15-20(19)2)24-17-25(23-8-7-22(33-3)16-26(23)34-4)31(29-24)27(32)18-30-11-9-28(10-12-30)35-13-14-36-28/h5-8,15-16,25H,9-14,17-18H2,1-4H3/t25-/m1/s1. The van der Waals surface area contributed by atoms with Crippen molar-refractivity contribution >= 4 is 11.6 Å². The fraction of sp³-hybridized carbons (Fsp3) is 0.500. The van der Waals surface area contributed by atoms with E-state index < -0.39 is 5.79 Å². The van der Waals surface area contributed by atoms with Crippen LogP contribution in [0.15, 0.2) is 41.5 Å². The number of ether oxygens (including phenoxy) is 4. The molecule has 192 valence electrons. The van der Waals surface area contributed by atoms with E-state index in [-0.39, 0.29) is 11.9 Å². The number of nitrogens with zero attached hydrogens (tertiary/aromatic N) is 3. The molecule has 0 saturated carbocycles. The minimum absolute atomic E-state index is 0.0269. The number of piperidine rings is 1. The molecule has 0 aliphatic carbocycles. The molecule has 0 radical (unpaired) electrons. The number of rotatable bonds is 6. The first-order valence-electron chi connectivity index (χ1n) is 12.6. The highest BCUT2D eigenvalue weighted by molar-refractivity contribution is 6.03. The van der Waals surface area contributed by atoms with Crippen LogP contribution in [0.25, 0.3) is 0 Å². The second-order valence-electron chi connectivity index (χ2n) is 9.80. The smallest absolute Gasteiger partial charge is 0.257 e. The molecule has 2 saturated heterocycles. The lowest BCUT2D eigenvalue weighted by Gasteiger charge is -2.37. The third kappa shape index (κ3) is 4.85. The molecule has 3 heterocycles. The highest BCUT2D eigenvalue weighted by atomic mass is 16.7. The van der Waals surface area contributed by atoms with Gasteiger partial charge in [-0.3, -0.25) is 9.69 Å². The summed E-state index contributed by atoms with van der Waals surface area (Å²) in [4.78, 5) is 15.9. The maximum atomic E-state index is 13.7. The fourth-order valence-electron chi connectivity index (χ4n) is 5.27. The van der Waals surface area contributed by atoms with Gasteiger partial charge in [0.05, 0.1) is 45.7 Å². The number of carbonyl (C=O) groups is 1. The highest BCUT2D eigenvalue weighted by Crippen LogP contribution is 2.39. The molecule has 0 N–H and O–H groups in total. The first kappa shape index (κ1) is 24.7. The van der Waals surface area contributed by atoms with Gasteiger partial charge in [-0.05, 0) is 48.7 Å². The van der Waals surface area contributed by atoms with Crippen LogP contribution in [0.3, 0.4) is 0 Å². The zero-order chi connectivity index (χ0) is 25.3. The predicted molar refractivity (Wildman–Crippen MR) is 137 cm³/mol. The van der Waals surface area contributed by atoms with Crippen molar-refractivity contribution in [2.24, 2.45) is 5.10 Å². The summed E-state index contributed by atoms with van der Waals surface area (Å²) >= 11 is 0. The SMILES string of the molecule is COc1ccc([C@H]2CC(c3ccc(C)c(C)c3)=NN2C(=O)CN2CCC3(CC2)OCCO3)c(OC)c1. The van der Waals surface area contributed by atoms with Gasteiger partial charge in [0.2, 0.25) is 0 Å².